The van der Waals surface area contributed by atoms with Crippen molar-refractivity contribution in [1.82, 2.24) is 10.2 Å². The van der Waals surface area contributed by atoms with Crippen LogP contribution in [0, 0.1) is 12.8 Å². The number of nitrogens with zero attached hydrogens (tertiary/aromatic N) is 1. The third-order valence-electron chi connectivity index (χ3n) is 6.02. The van der Waals surface area contributed by atoms with Gasteiger partial charge in [-0.25, -0.2) is 4.79 Å². The van der Waals surface area contributed by atoms with Crippen LogP contribution < -0.4 is 5.32 Å². The molecule has 0 aliphatic carbocycles. The average molecular weight is 499 g/mol. The van der Waals surface area contributed by atoms with Gasteiger partial charge in [-0.1, -0.05) is 43.2 Å². The summed E-state index contributed by atoms with van der Waals surface area (Å²) in [5, 5.41) is 12.5. The summed E-state index contributed by atoms with van der Waals surface area (Å²) in [6.07, 6.45) is 5.34. The Labute approximate surface area is 202 Å². The van der Waals surface area contributed by atoms with Gasteiger partial charge in [-0.15, -0.1) is 0 Å². The predicted molar refractivity (Wildman–Crippen MR) is 130 cm³/mol. The van der Waals surface area contributed by atoms with E-state index in [0.717, 1.165) is 18.4 Å². The summed E-state index contributed by atoms with van der Waals surface area (Å²) in [6, 6.07) is 5.31. The zero-order valence-electron chi connectivity index (χ0n) is 20.8. The van der Waals surface area contributed by atoms with Crippen LogP contribution >= 0.6 is 0 Å². The number of benzene rings is 1. The number of aryl methyl sites for hydroxylation is 1. The fourth-order valence-electron chi connectivity index (χ4n) is 4.31. The summed E-state index contributed by atoms with van der Waals surface area (Å²) in [5.41, 5.74) is 0.348. The molecular formula is C24H38N2O7S. The van der Waals surface area contributed by atoms with Crippen LogP contribution in [0.15, 0.2) is 41.3 Å². The highest BCUT2D eigenvalue weighted by atomic mass is 32.2. The molecule has 3 N–H and O–H groups in total. The molecule has 1 aromatic rings. The van der Waals surface area contributed by atoms with E-state index >= 15 is 0 Å². The van der Waals surface area contributed by atoms with E-state index in [0.29, 0.717) is 13.0 Å². The second-order valence-electron chi connectivity index (χ2n) is 8.76. The van der Waals surface area contributed by atoms with Crippen molar-refractivity contribution in [3.05, 3.63) is 42.0 Å². The monoisotopic (exact) mass is 498 g/mol. The van der Waals surface area contributed by atoms with Gasteiger partial charge in [0.1, 0.15) is 0 Å². The molecule has 1 heterocycles. The van der Waals surface area contributed by atoms with Gasteiger partial charge in [0, 0.05) is 20.6 Å². The van der Waals surface area contributed by atoms with Gasteiger partial charge in [0.25, 0.3) is 10.1 Å². The van der Waals surface area contributed by atoms with Gasteiger partial charge in [-0.05, 0) is 51.7 Å². The van der Waals surface area contributed by atoms with E-state index in [4.69, 9.17) is 9.29 Å². The molecule has 2 rings (SSSR count). The molecule has 1 aromatic carbocycles. The molecule has 0 aromatic heterocycles. The maximum atomic E-state index is 11.7. The molecule has 0 radical (unpaired) electrons. The summed E-state index contributed by atoms with van der Waals surface area (Å²) in [5.74, 6) is -0.00529. The van der Waals surface area contributed by atoms with E-state index in [1.807, 2.05) is 39.8 Å². The Bertz CT molecular complexity index is 947. The second kappa shape index (κ2) is 12.9. The number of carboxylic acid groups (broad SMARTS) is 1. The molecular weight excluding hydrogens is 460 g/mol. The van der Waals surface area contributed by atoms with Crippen LogP contribution in [0.5, 0.6) is 0 Å². The van der Waals surface area contributed by atoms with Crippen LogP contribution in [0.2, 0.25) is 0 Å². The quantitative estimate of drug-likeness (QED) is 0.366. The number of ether oxygens (including phenoxy) is 1. The molecule has 10 heteroatoms. The number of carbonyl (C=O) groups is 2. The van der Waals surface area contributed by atoms with Gasteiger partial charge >= 0.3 is 6.09 Å². The molecule has 2 amide bonds. The number of carbonyl (C=O) groups excluding carboxylic acids is 1. The van der Waals surface area contributed by atoms with Crippen LogP contribution in [0.4, 0.5) is 4.79 Å². The van der Waals surface area contributed by atoms with Crippen LogP contribution in [0.1, 0.15) is 52.5 Å². The Kier molecular flexibility index (Phi) is 11.2. The number of hydrogen-bond acceptors (Lipinski definition) is 5. The Morgan fingerprint density at radius 2 is 1.91 bits per heavy atom. The molecule has 1 saturated heterocycles. The SMILES string of the molecule is C/C=C\C1CC(C(NC(C)=O)C(C)(CCC)OC)N(C(=O)O)C1.Cc1ccc(S(=O)(=O)O)cc1. The van der Waals surface area contributed by atoms with Crippen molar-refractivity contribution in [2.45, 2.75) is 76.5 Å². The van der Waals surface area contributed by atoms with E-state index < -0.39 is 21.8 Å². The molecule has 0 bridgehead atoms. The lowest BCUT2D eigenvalue weighted by atomic mass is 9.84. The zero-order valence-corrected chi connectivity index (χ0v) is 21.6. The Morgan fingerprint density at radius 3 is 2.32 bits per heavy atom. The first-order chi connectivity index (χ1) is 15.8. The minimum absolute atomic E-state index is 0.0666. The second-order valence-corrected chi connectivity index (χ2v) is 10.2. The van der Waals surface area contributed by atoms with Gasteiger partial charge in [0.2, 0.25) is 5.91 Å². The Balaban J connectivity index is 0.000000437. The Hall–Kier alpha value is -2.43. The van der Waals surface area contributed by atoms with Gasteiger partial charge in [0.15, 0.2) is 0 Å². The standard InChI is InChI=1S/C17H30N2O4.C7H8O3S/c1-6-8-13-10-14(19(11-13)16(21)22)15(18-12(3)20)17(4,23-5)9-7-2;1-6-2-4-7(5-3-6)11(8,9)10/h6,8,13-15H,7,9-11H2,1-5H3,(H,18,20)(H,21,22);2-5H,1H3,(H,8,9,10)/b8-6-;. The maximum Gasteiger partial charge on any atom is 0.407 e. The third kappa shape index (κ3) is 8.41. The fraction of sp³-hybridized carbons (Fsp3) is 0.583. The van der Waals surface area contributed by atoms with Crippen molar-refractivity contribution in [3.8, 4) is 0 Å². The lowest BCUT2D eigenvalue weighted by Gasteiger charge is -2.42. The van der Waals surface area contributed by atoms with E-state index in [2.05, 4.69) is 5.32 Å². The van der Waals surface area contributed by atoms with Crippen LogP contribution in [0.25, 0.3) is 0 Å². The topological polar surface area (TPSA) is 133 Å². The number of likely N-dealkylation sites (tertiary alicyclic amines) is 1. The number of amides is 2. The maximum absolute atomic E-state index is 11.7. The zero-order chi connectivity index (χ0) is 26.1. The van der Waals surface area contributed by atoms with Crippen molar-refractivity contribution in [1.29, 1.82) is 0 Å². The van der Waals surface area contributed by atoms with Gasteiger partial charge in [0.05, 0.1) is 22.6 Å². The lowest BCUT2D eigenvalue weighted by molar-refractivity contribution is -0.124. The first kappa shape index (κ1) is 29.6. The van der Waals surface area contributed by atoms with Crippen molar-refractivity contribution >= 4 is 22.1 Å². The molecule has 0 saturated carbocycles. The fourth-order valence-corrected chi connectivity index (χ4v) is 4.79. The summed E-state index contributed by atoms with van der Waals surface area (Å²) in [6.45, 7) is 9.67. The average Bonchev–Trinajstić information content (AvgIpc) is 3.16. The largest absolute Gasteiger partial charge is 0.465 e. The van der Waals surface area contributed by atoms with E-state index in [1.54, 1.807) is 19.2 Å². The van der Waals surface area contributed by atoms with E-state index in [1.165, 1.54) is 24.0 Å². The normalized spacial score (nSPS) is 20.9. The van der Waals surface area contributed by atoms with Gasteiger partial charge < -0.3 is 20.1 Å². The molecule has 1 fully saturated rings. The predicted octanol–water partition coefficient (Wildman–Crippen LogP) is 3.88. The van der Waals surface area contributed by atoms with Gasteiger partial charge in [-0.2, -0.15) is 8.42 Å². The first-order valence-electron chi connectivity index (χ1n) is 11.3. The minimum atomic E-state index is -4.02. The lowest BCUT2D eigenvalue weighted by Crippen LogP contribution is -2.61. The van der Waals surface area contributed by atoms with E-state index in [9.17, 15) is 23.1 Å². The highest BCUT2D eigenvalue weighted by molar-refractivity contribution is 7.85. The third-order valence-corrected chi connectivity index (χ3v) is 6.89. The molecule has 4 unspecified atom stereocenters. The van der Waals surface area contributed by atoms with Crippen LogP contribution in [-0.2, 0) is 19.6 Å². The summed E-state index contributed by atoms with van der Waals surface area (Å²) in [7, 11) is -2.40. The molecule has 192 valence electrons. The molecule has 34 heavy (non-hydrogen) atoms. The number of hydrogen-bond donors (Lipinski definition) is 3. The molecule has 4 atom stereocenters. The number of allylic oxidation sites excluding steroid dienone is 1. The number of rotatable bonds is 8. The van der Waals surface area contributed by atoms with Crippen molar-refractivity contribution in [3.63, 3.8) is 0 Å². The summed E-state index contributed by atoms with van der Waals surface area (Å²) >= 11 is 0. The van der Waals surface area contributed by atoms with E-state index in [-0.39, 0.29) is 28.8 Å². The molecule has 0 spiro atoms. The highest BCUT2D eigenvalue weighted by Crippen LogP contribution is 2.34. The molecule has 1 aliphatic heterocycles. The first-order valence-corrected chi connectivity index (χ1v) is 12.7. The molecule has 1 aliphatic rings. The van der Waals surface area contributed by atoms with Crippen LogP contribution in [-0.4, -0.2) is 66.3 Å². The molecule has 9 nitrogen and oxygen atoms in total. The smallest absolute Gasteiger partial charge is 0.407 e. The Morgan fingerprint density at radius 1 is 1.32 bits per heavy atom. The number of nitrogens with one attached hydrogen (secondary N) is 1. The highest BCUT2D eigenvalue weighted by Gasteiger charge is 2.47. The van der Waals surface area contributed by atoms with Crippen molar-refractivity contribution < 1.29 is 32.4 Å². The van der Waals surface area contributed by atoms with Crippen molar-refractivity contribution in [2.75, 3.05) is 13.7 Å². The summed E-state index contributed by atoms with van der Waals surface area (Å²) < 4.78 is 35.3. The minimum Gasteiger partial charge on any atom is -0.465 e. The van der Waals surface area contributed by atoms with Gasteiger partial charge in [-0.3, -0.25) is 9.35 Å². The van der Waals surface area contributed by atoms with Crippen LogP contribution in [0.3, 0.4) is 0 Å². The summed E-state index contributed by atoms with van der Waals surface area (Å²) in [4.78, 5) is 24.8. The number of methoxy groups -OCH3 is 1. The van der Waals surface area contributed by atoms with Crippen molar-refractivity contribution in [2.24, 2.45) is 5.92 Å².